The Morgan fingerprint density at radius 1 is 1.26 bits per heavy atom. The van der Waals surface area contributed by atoms with Crippen LogP contribution in [0.5, 0.6) is 0 Å². The summed E-state index contributed by atoms with van der Waals surface area (Å²) in [6.07, 6.45) is 9.84. The highest BCUT2D eigenvalue weighted by Gasteiger charge is 2.34. The zero-order valence-corrected chi connectivity index (χ0v) is 12.8. The molecule has 19 heavy (non-hydrogen) atoms. The third kappa shape index (κ3) is 2.65. The molecular weight excluding hydrogens is 304 g/mol. The van der Waals surface area contributed by atoms with E-state index < -0.39 is 0 Å². The molecule has 3 nitrogen and oxygen atoms in total. The summed E-state index contributed by atoms with van der Waals surface area (Å²) in [4.78, 5) is 7.05. The molecule has 2 atom stereocenters. The Morgan fingerprint density at radius 2 is 2.05 bits per heavy atom. The Morgan fingerprint density at radius 3 is 2.89 bits per heavy atom. The maximum absolute atomic E-state index is 9.58. The highest BCUT2D eigenvalue weighted by atomic mass is 79.9. The van der Waals surface area contributed by atoms with E-state index in [-0.39, 0.29) is 6.61 Å². The Kier molecular flexibility index (Phi) is 4.08. The van der Waals surface area contributed by atoms with Crippen LogP contribution in [0.15, 0.2) is 16.7 Å². The smallest absolute Gasteiger partial charge is 0.134 e. The molecule has 0 spiro atoms. The van der Waals surface area contributed by atoms with Crippen molar-refractivity contribution in [3.63, 3.8) is 0 Å². The minimum Gasteiger partial charge on any atom is -0.392 e. The predicted octanol–water partition coefficient (Wildman–Crippen LogP) is 3.50. The van der Waals surface area contributed by atoms with Gasteiger partial charge in [0.05, 0.1) is 6.61 Å². The minimum absolute atomic E-state index is 0.0651. The first kappa shape index (κ1) is 13.4. The van der Waals surface area contributed by atoms with Gasteiger partial charge in [0.15, 0.2) is 0 Å². The quantitative estimate of drug-likeness (QED) is 0.904. The van der Waals surface area contributed by atoms with Crippen molar-refractivity contribution in [2.75, 3.05) is 11.4 Å². The molecule has 0 unspecified atom stereocenters. The molecule has 1 aromatic heterocycles. The molecule has 0 amide bonds. The molecule has 2 fully saturated rings. The average molecular weight is 325 g/mol. The Balaban J connectivity index is 1.91. The number of aliphatic hydroxyl groups excluding tert-OH is 1. The molecular formula is C15H21BrN2O. The van der Waals surface area contributed by atoms with Gasteiger partial charge >= 0.3 is 0 Å². The van der Waals surface area contributed by atoms with Crippen LogP contribution in [-0.4, -0.2) is 22.7 Å². The molecule has 4 heteroatoms. The van der Waals surface area contributed by atoms with Crippen LogP contribution in [0.2, 0.25) is 0 Å². The van der Waals surface area contributed by atoms with Crippen LogP contribution < -0.4 is 4.90 Å². The number of aliphatic hydroxyl groups is 1. The number of hydrogen-bond donors (Lipinski definition) is 1. The first-order valence-corrected chi connectivity index (χ1v) is 8.11. The summed E-state index contributed by atoms with van der Waals surface area (Å²) >= 11 is 3.44. The van der Waals surface area contributed by atoms with Gasteiger partial charge < -0.3 is 10.0 Å². The summed E-state index contributed by atoms with van der Waals surface area (Å²) in [6, 6.07) is 2.64. The fourth-order valence-corrected chi connectivity index (χ4v) is 4.12. The SMILES string of the molecule is OCc1cc(Br)cnc1N1CCC[C@H]2CCCC[C@H]21. The van der Waals surface area contributed by atoms with Crippen molar-refractivity contribution < 1.29 is 5.11 Å². The number of piperidine rings is 1. The number of aromatic nitrogens is 1. The second-order valence-corrected chi connectivity index (χ2v) is 6.66. The Hall–Kier alpha value is -0.610. The van der Waals surface area contributed by atoms with Gasteiger partial charge in [0.2, 0.25) is 0 Å². The van der Waals surface area contributed by atoms with Crippen molar-refractivity contribution in [1.82, 2.24) is 4.98 Å². The largest absolute Gasteiger partial charge is 0.392 e. The molecule has 1 N–H and O–H groups in total. The lowest BCUT2D eigenvalue weighted by Gasteiger charge is -2.45. The molecule has 2 aliphatic rings. The molecule has 1 aliphatic carbocycles. The van der Waals surface area contributed by atoms with Gasteiger partial charge in [-0.3, -0.25) is 0 Å². The summed E-state index contributed by atoms with van der Waals surface area (Å²) in [5.74, 6) is 1.83. The van der Waals surface area contributed by atoms with Crippen LogP contribution in [-0.2, 0) is 6.61 Å². The van der Waals surface area contributed by atoms with E-state index in [1.807, 2.05) is 12.3 Å². The monoisotopic (exact) mass is 324 g/mol. The molecule has 0 radical (unpaired) electrons. The molecule has 0 bridgehead atoms. The van der Waals surface area contributed by atoms with Crippen LogP contribution >= 0.6 is 15.9 Å². The van der Waals surface area contributed by atoms with E-state index >= 15 is 0 Å². The zero-order chi connectivity index (χ0) is 13.2. The zero-order valence-electron chi connectivity index (χ0n) is 11.2. The van der Waals surface area contributed by atoms with E-state index in [0.29, 0.717) is 6.04 Å². The standard InChI is InChI=1S/C15H21BrN2O/c16-13-8-12(10-19)15(17-9-13)18-7-3-5-11-4-1-2-6-14(11)18/h8-9,11,14,19H,1-7,10H2/t11-,14-/m1/s1. The van der Waals surface area contributed by atoms with E-state index in [0.717, 1.165) is 28.3 Å². The molecule has 0 aromatic carbocycles. The number of hydrogen-bond acceptors (Lipinski definition) is 3. The van der Waals surface area contributed by atoms with Gasteiger partial charge in [-0.15, -0.1) is 0 Å². The van der Waals surface area contributed by atoms with Crippen LogP contribution in [0.4, 0.5) is 5.82 Å². The van der Waals surface area contributed by atoms with Gasteiger partial charge in [0.25, 0.3) is 0 Å². The van der Waals surface area contributed by atoms with E-state index in [1.54, 1.807) is 0 Å². The molecule has 1 aromatic rings. The van der Waals surface area contributed by atoms with E-state index in [1.165, 1.54) is 38.5 Å². The molecule has 1 aliphatic heterocycles. The van der Waals surface area contributed by atoms with E-state index in [2.05, 4.69) is 25.8 Å². The van der Waals surface area contributed by atoms with Gasteiger partial charge in [0.1, 0.15) is 5.82 Å². The molecule has 1 saturated carbocycles. The first-order valence-electron chi connectivity index (χ1n) is 7.31. The van der Waals surface area contributed by atoms with Crippen molar-refractivity contribution in [3.8, 4) is 0 Å². The maximum Gasteiger partial charge on any atom is 0.134 e. The second-order valence-electron chi connectivity index (χ2n) is 5.74. The van der Waals surface area contributed by atoms with Crippen molar-refractivity contribution in [1.29, 1.82) is 0 Å². The topological polar surface area (TPSA) is 36.4 Å². The minimum atomic E-state index is 0.0651. The van der Waals surface area contributed by atoms with Crippen LogP contribution in [0.3, 0.4) is 0 Å². The summed E-state index contributed by atoms with van der Waals surface area (Å²) in [7, 11) is 0. The Bertz CT molecular complexity index is 450. The number of pyridine rings is 1. The number of anilines is 1. The van der Waals surface area contributed by atoms with E-state index in [9.17, 15) is 5.11 Å². The van der Waals surface area contributed by atoms with Gasteiger partial charge in [-0.25, -0.2) is 4.98 Å². The summed E-state index contributed by atoms with van der Waals surface area (Å²) < 4.78 is 0.942. The molecule has 104 valence electrons. The molecule has 2 heterocycles. The van der Waals surface area contributed by atoms with Crippen LogP contribution in [0, 0.1) is 5.92 Å². The van der Waals surface area contributed by atoms with Crippen molar-refractivity contribution in [2.45, 2.75) is 51.2 Å². The average Bonchev–Trinajstić information content (AvgIpc) is 2.46. The number of nitrogens with zero attached hydrogens (tertiary/aromatic N) is 2. The fraction of sp³-hybridized carbons (Fsp3) is 0.667. The van der Waals surface area contributed by atoms with Crippen molar-refractivity contribution >= 4 is 21.7 Å². The summed E-state index contributed by atoms with van der Waals surface area (Å²) in [5.41, 5.74) is 0.945. The third-order valence-electron chi connectivity index (χ3n) is 4.60. The fourth-order valence-electron chi connectivity index (χ4n) is 3.74. The summed E-state index contributed by atoms with van der Waals surface area (Å²) in [5, 5.41) is 9.58. The number of fused-ring (bicyclic) bond motifs is 1. The lowest BCUT2D eigenvalue weighted by Crippen LogP contribution is -2.47. The molecule has 3 rings (SSSR count). The second kappa shape index (κ2) is 5.80. The van der Waals surface area contributed by atoms with E-state index in [4.69, 9.17) is 0 Å². The normalized spacial score (nSPS) is 27.2. The Labute approximate surface area is 123 Å². The van der Waals surface area contributed by atoms with Crippen molar-refractivity contribution in [2.24, 2.45) is 5.92 Å². The van der Waals surface area contributed by atoms with Gasteiger partial charge in [-0.05, 0) is 53.6 Å². The summed E-state index contributed by atoms with van der Waals surface area (Å²) in [6.45, 7) is 1.15. The van der Waals surface area contributed by atoms with Crippen LogP contribution in [0.1, 0.15) is 44.1 Å². The maximum atomic E-state index is 9.58. The van der Waals surface area contributed by atoms with Crippen molar-refractivity contribution in [3.05, 3.63) is 22.3 Å². The van der Waals surface area contributed by atoms with Gasteiger partial charge in [-0.2, -0.15) is 0 Å². The first-order chi connectivity index (χ1) is 9.29. The third-order valence-corrected chi connectivity index (χ3v) is 5.03. The highest BCUT2D eigenvalue weighted by Crippen LogP contribution is 2.38. The van der Waals surface area contributed by atoms with Gasteiger partial charge in [0, 0.05) is 28.8 Å². The highest BCUT2D eigenvalue weighted by molar-refractivity contribution is 9.10. The predicted molar refractivity (Wildman–Crippen MR) is 80.2 cm³/mol. The lowest BCUT2D eigenvalue weighted by molar-refractivity contribution is 0.240. The molecule has 1 saturated heterocycles. The van der Waals surface area contributed by atoms with Crippen LogP contribution in [0.25, 0.3) is 0 Å². The lowest BCUT2D eigenvalue weighted by atomic mass is 9.78. The van der Waals surface area contributed by atoms with Gasteiger partial charge in [-0.1, -0.05) is 12.8 Å². The number of halogens is 1. The number of rotatable bonds is 2.